The highest BCUT2D eigenvalue weighted by Crippen LogP contribution is 2.15. The molecule has 0 radical (unpaired) electrons. The van der Waals surface area contributed by atoms with E-state index in [1.807, 2.05) is 12.1 Å². The minimum Gasteiger partial charge on any atom is -0.487 e. The van der Waals surface area contributed by atoms with E-state index in [9.17, 15) is 0 Å². The third-order valence-corrected chi connectivity index (χ3v) is 2.98. The third-order valence-electron chi connectivity index (χ3n) is 2.98. The van der Waals surface area contributed by atoms with Crippen molar-refractivity contribution >= 4 is 0 Å². The summed E-state index contributed by atoms with van der Waals surface area (Å²) in [6.07, 6.45) is 2.31. The van der Waals surface area contributed by atoms with Crippen LogP contribution in [0.5, 0.6) is 5.75 Å². The van der Waals surface area contributed by atoms with Gasteiger partial charge < -0.3 is 14.8 Å². The lowest BCUT2D eigenvalue weighted by Gasteiger charge is -2.25. The second-order valence-corrected chi connectivity index (χ2v) is 6.22. The topological polar surface area (TPSA) is 30.5 Å². The largest absolute Gasteiger partial charge is 0.487 e. The van der Waals surface area contributed by atoms with Crippen molar-refractivity contribution < 1.29 is 9.47 Å². The van der Waals surface area contributed by atoms with Gasteiger partial charge in [-0.15, -0.1) is 0 Å². The minimum atomic E-state index is 0.0243. The van der Waals surface area contributed by atoms with Crippen LogP contribution in [-0.2, 0) is 11.2 Å². The minimum absolute atomic E-state index is 0.0243. The van der Waals surface area contributed by atoms with Crippen molar-refractivity contribution in [3.05, 3.63) is 29.8 Å². The SMILES string of the molecule is CCCc1ccc(OC(CNC(C)(C)C)COC)cc1. The van der Waals surface area contributed by atoms with E-state index in [0.717, 1.165) is 18.7 Å². The van der Waals surface area contributed by atoms with Crippen LogP contribution < -0.4 is 10.1 Å². The molecule has 20 heavy (non-hydrogen) atoms. The Kier molecular flexibility index (Phi) is 7.03. The van der Waals surface area contributed by atoms with Crippen molar-refractivity contribution in [1.82, 2.24) is 5.32 Å². The molecule has 1 aromatic carbocycles. The number of hydrogen-bond acceptors (Lipinski definition) is 3. The van der Waals surface area contributed by atoms with Crippen molar-refractivity contribution in [2.75, 3.05) is 20.3 Å². The molecular formula is C17H29NO2. The molecule has 0 spiro atoms. The lowest BCUT2D eigenvalue weighted by molar-refractivity contribution is 0.0765. The standard InChI is InChI=1S/C17H29NO2/c1-6-7-14-8-10-15(11-9-14)20-16(13-19-5)12-18-17(2,3)4/h8-11,16,18H,6-7,12-13H2,1-5H3. The number of methoxy groups -OCH3 is 1. The van der Waals surface area contributed by atoms with Crippen LogP contribution in [0, 0.1) is 0 Å². The summed E-state index contributed by atoms with van der Waals surface area (Å²) in [5.41, 5.74) is 1.44. The van der Waals surface area contributed by atoms with Crippen molar-refractivity contribution in [2.24, 2.45) is 0 Å². The number of hydrogen-bond donors (Lipinski definition) is 1. The highest BCUT2D eigenvalue weighted by atomic mass is 16.5. The number of aryl methyl sites for hydroxylation is 1. The van der Waals surface area contributed by atoms with E-state index >= 15 is 0 Å². The van der Waals surface area contributed by atoms with Crippen LogP contribution in [0.15, 0.2) is 24.3 Å². The molecule has 1 aromatic rings. The van der Waals surface area contributed by atoms with Gasteiger partial charge in [-0.2, -0.15) is 0 Å². The predicted molar refractivity (Wildman–Crippen MR) is 84.5 cm³/mol. The Hall–Kier alpha value is -1.06. The van der Waals surface area contributed by atoms with Crippen LogP contribution >= 0.6 is 0 Å². The smallest absolute Gasteiger partial charge is 0.134 e. The van der Waals surface area contributed by atoms with E-state index in [4.69, 9.17) is 9.47 Å². The summed E-state index contributed by atoms with van der Waals surface area (Å²) in [6.45, 7) is 9.99. The Bertz CT molecular complexity index is 368. The first kappa shape index (κ1) is 17.0. The van der Waals surface area contributed by atoms with Gasteiger partial charge in [-0.05, 0) is 44.9 Å². The second-order valence-electron chi connectivity index (χ2n) is 6.22. The number of nitrogens with one attached hydrogen (secondary N) is 1. The maximum atomic E-state index is 6.00. The van der Waals surface area contributed by atoms with Gasteiger partial charge >= 0.3 is 0 Å². The Morgan fingerprint density at radius 2 is 1.80 bits per heavy atom. The fourth-order valence-electron chi connectivity index (χ4n) is 1.96. The van der Waals surface area contributed by atoms with Gasteiger partial charge in [0.15, 0.2) is 0 Å². The van der Waals surface area contributed by atoms with Gasteiger partial charge in [-0.1, -0.05) is 25.5 Å². The Labute approximate surface area is 123 Å². The van der Waals surface area contributed by atoms with Gasteiger partial charge in [0.05, 0.1) is 6.61 Å². The molecule has 0 amide bonds. The fourth-order valence-corrected chi connectivity index (χ4v) is 1.96. The van der Waals surface area contributed by atoms with Gasteiger partial charge in [0, 0.05) is 19.2 Å². The van der Waals surface area contributed by atoms with Crippen LogP contribution in [0.4, 0.5) is 0 Å². The first-order chi connectivity index (χ1) is 9.44. The monoisotopic (exact) mass is 279 g/mol. The average molecular weight is 279 g/mol. The van der Waals surface area contributed by atoms with E-state index in [0.29, 0.717) is 6.61 Å². The molecule has 0 aromatic heterocycles. The fraction of sp³-hybridized carbons (Fsp3) is 0.647. The molecule has 0 saturated heterocycles. The van der Waals surface area contributed by atoms with E-state index in [1.54, 1.807) is 7.11 Å². The maximum absolute atomic E-state index is 6.00. The predicted octanol–water partition coefficient (Wildman–Crippen LogP) is 3.42. The molecule has 1 atom stereocenters. The molecule has 0 aliphatic rings. The van der Waals surface area contributed by atoms with Crippen LogP contribution in [0.3, 0.4) is 0 Å². The normalized spacial score (nSPS) is 13.2. The molecule has 3 nitrogen and oxygen atoms in total. The molecule has 0 saturated carbocycles. The summed E-state index contributed by atoms with van der Waals surface area (Å²) in [5.74, 6) is 0.905. The van der Waals surface area contributed by atoms with E-state index in [-0.39, 0.29) is 11.6 Å². The zero-order valence-electron chi connectivity index (χ0n) is 13.5. The average Bonchev–Trinajstić information content (AvgIpc) is 2.38. The zero-order chi connectivity index (χ0) is 15.0. The quantitative estimate of drug-likeness (QED) is 0.791. The zero-order valence-corrected chi connectivity index (χ0v) is 13.5. The van der Waals surface area contributed by atoms with Crippen LogP contribution in [-0.4, -0.2) is 31.9 Å². The Morgan fingerprint density at radius 3 is 2.30 bits per heavy atom. The summed E-state index contributed by atoms with van der Waals surface area (Å²) in [6, 6.07) is 8.37. The highest BCUT2D eigenvalue weighted by Gasteiger charge is 2.15. The summed E-state index contributed by atoms with van der Waals surface area (Å²) < 4.78 is 11.2. The van der Waals surface area contributed by atoms with Crippen molar-refractivity contribution in [3.8, 4) is 5.75 Å². The molecular weight excluding hydrogens is 250 g/mol. The molecule has 0 aliphatic carbocycles. The number of ether oxygens (including phenoxy) is 2. The summed E-state index contributed by atoms with van der Waals surface area (Å²) in [4.78, 5) is 0. The molecule has 0 aliphatic heterocycles. The van der Waals surface area contributed by atoms with Crippen molar-refractivity contribution in [2.45, 2.75) is 52.2 Å². The molecule has 1 rings (SSSR count). The second kappa shape index (κ2) is 8.28. The van der Waals surface area contributed by atoms with Gasteiger partial charge in [-0.3, -0.25) is 0 Å². The van der Waals surface area contributed by atoms with Gasteiger partial charge in [0.25, 0.3) is 0 Å². The first-order valence-electron chi connectivity index (χ1n) is 7.44. The molecule has 1 N–H and O–H groups in total. The van der Waals surface area contributed by atoms with Crippen molar-refractivity contribution in [3.63, 3.8) is 0 Å². The van der Waals surface area contributed by atoms with Crippen molar-refractivity contribution in [1.29, 1.82) is 0 Å². The van der Waals surface area contributed by atoms with E-state index < -0.39 is 0 Å². The molecule has 1 unspecified atom stereocenters. The van der Waals surface area contributed by atoms with Crippen LogP contribution in [0.2, 0.25) is 0 Å². The highest BCUT2D eigenvalue weighted by molar-refractivity contribution is 5.27. The van der Waals surface area contributed by atoms with E-state index in [2.05, 4.69) is 45.1 Å². The Balaban J connectivity index is 2.55. The maximum Gasteiger partial charge on any atom is 0.134 e. The first-order valence-corrected chi connectivity index (χ1v) is 7.44. The number of rotatable bonds is 8. The van der Waals surface area contributed by atoms with E-state index in [1.165, 1.54) is 12.0 Å². The van der Waals surface area contributed by atoms with Gasteiger partial charge in [0.1, 0.15) is 11.9 Å². The molecule has 0 heterocycles. The van der Waals surface area contributed by atoms with Crippen LogP contribution in [0.1, 0.15) is 39.7 Å². The molecule has 3 heteroatoms. The summed E-state index contributed by atoms with van der Waals surface area (Å²) in [7, 11) is 1.71. The summed E-state index contributed by atoms with van der Waals surface area (Å²) in [5, 5.41) is 3.45. The van der Waals surface area contributed by atoms with Gasteiger partial charge in [0.2, 0.25) is 0 Å². The molecule has 0 fully saturated rings. The molecule has 0 bridgehead atoms. The lowest BCUT2D eigenvalue weighted by Crippen LogP contribution is -2.44. The summed E-state index contributed by atoms with van der Waals surface area (Å²) >= 11 is 0. The third kappa shape index (κ3) is 6.92. The lowest BCUT2D eigenvalue weighted by atomic mass is 10.1. The Morgan fingerprint density at radius 1 is 1.15 bits per heavy atom. The number of benzene rings is 1. The van der Waals surface area contributed by atoms with Crippen LogP contribution in [0.25, 0.3) is 0 Å². The molecule has 114 valence electrons. The van der Waals surface area contributed by atoms with Gasteiger partial charge in [-0.25, -0.2) is 0 Å².